The molecule has 30 heavy (non-hydrogen) atoms. The number of hydrogen-bond acceptors (Lipinski definition) is 6. The third-order valence-corrected chi connectivity index (χ3v) is 6.04. The molecule has 2 aliphatic heterocycles. The van der Waals surface area contributed by atoms with Crippen LogP contribution in [0.1, 0.15) is 37.5 Å². The van der Waals surface area contributed by atoms with Gasteiger partial charge in [-0.05, 0) is 43.7 Å². The molecule has 5 rings (SSSR count). The van der Waals surface area contributed by atoms with Crippen LogP contribution in [0.25, 0.3) is 22.5 Å². The Morgan fingerprint density at radius 2 is 1.73 bits per heavy atom. The number of nitrogens with zero attached hydrogens (tertiary/aromatic N) is 4. The Balaban J connectivity index is 1.34. The Hall–Kier alpha value is -2.77. The summed E-state index contributed by atoms with van der Waals surface area (Å²) in [4.78, 5) is 19.8. The second-order valence-corrected chi connectivity index (χ2v) is 8.11. The van der Waals surface area contributed by atoms with Gasteiger partial charge >= 0.3 is 0 Å². The van der Waals surface area contributed by atoms with Gasteiger partial charge < -0.3 is 20.5 Å². The number of rotatable bonds is 4. The molecule has 3 N–H and O–H groups in total. The van der Waals surface area contributed by atoms with Gasteiger partial charge in [0.15, 0.2) is 0 Å². The topological polar surface area (TPSA) is 81.8 Å². The van der Waals surface area contributed by atoms with Crippen molar-refractivity contribution in [2.75, 3.05) is 37.6 Å². The molecule has 7 heteroatoms. The Morgan fingerprint density at radius 3 is 2.60 bits per heavy atom. The Bertz CT molecular complexity index is 952. The average molecular weight is 404 g/mol. The van der Waals surface area contributed by atoms with Crippen molar-refractivity contribution in [2.45, 2.75) is 31.7 Å². The van der Waals surface area contributed by atoms with Crippen LogP contribution in [0.3, 0.4) is 0 Å². The van der Waals surface area contributed by atoms with Gasteiger partial charge in [-0.2, -0.15) is 0 Å². The summed E-state index contributed by atoms with van der Waals surface area (Å²) in [7, 11) is 0. The lowest BCUT2D eigenvalue weighted by Gasteiger charge is -2.28. The van der Waals surface area contributed by atoms with E-state index < -0.39 is 0 Å². The van der Waals surface area contributed by atoms with Gasteiger partial charge in [0.25, 0.3) is 0 Å². The molecule has 3 aromatic rings. The fourth-order valence-corrected chi connectivity index (χ4v) is 4.30. The molecule has 0 aromatic carbocycles. The molecular weight excluding hydrogens is 374 g/mol. The van der Waals surface area contributed by atoms with E-state index in [2.05, 4.69) is 53.7 Å². The van der Waals surface area contributed by atoms with Crippen LogP contribution in [-0.4, -0.2) is 52.7 Å². The van der Waals surface area contributed by atoms with E-state index >= 15 is 0 Å². The molecular formula is C23H29N7. The van der Waals surface area contributed by atoms with Crippen molar-refractivity contribution < 1.29 is 0 Å². The normalized spacial score (nSPS) is 20.1. The number of nitrogens with one attached hydrogen (secondary N) is 3. The largest absolute Gasteiger partial charge is 0.356 e. The fraction of sp³-hybridized carbons (Fsp3) is 0.435. The van der Waals surface area contributed by atoms with Crippen molar-refractivity contribution in [3.05, 3.63) is 48.7 Å². The third-order valence-electron chi connectivity index (χ3n) is 6.04. The standard InChI is InChI=1S/C23H29N7/c1-2-4-20(25-8-3-1)23-27-15-18(16-28-23)21-14-17(7-9-26-21)19-5-6-22(29-19)30-12-10-24-11-13-30/h5-7,9,14-16,20,24-25,29H,1-4,8,10-13H2. The SMILES string of the molecule is c1cc(-c2ccc(N3CCNCC3)[nH]2)cc(-c2cnc(C3CCCCCN3)nc2)n1. The van der Waals surface area contributed by atoms with Gasteiger partial charge in [-0.25, -0.2) is 9.97 Å². The number of anilines is 1. The molecule has 2 saturated heterocycles. The highest BCUT2D eigenvalue weighted by molar-refractivity contribution is 5.69. The first-order valence-electron chi connectivity index (χ1n) is 11.0. The highest BCUT2D eigenvalue weighted by Crippen LogP contribution is 2.27. The molecule has 2 fully saturated rings. The van der Waals surface area contributed by atoms with Crippen molar-refractivity contribution in [3.63, 3.8) is 0 Å². The summed E-state index contributed by atoms with van der Waals surface area (Å²) in [6.07, 6.45) is 10.5. The lowest BCUT2D eigenvalue weighted by molar-refractivity contribution is 0.507. The van der Waals surface area contributed by atoms with E-state index in [0.29, 0.717) is 0 Å². The number of hydrogen-bond donors (Lipinski definition) is 3. The molecule has 1 atom stereocenters. The third kappa shape index (κ3) is 4.22. The van der Waals surface area contributed by atoms with E-state index in [4.69, 9.17) is 0 Å². The summed E-state index contributed by atoms with van der Waals surface area (Å²) >= 11 is 0. The van der Waals surface area contributed by atoms with Gasteiger partial charge in [-0.1, -0.05) is 12.8 Å². The summed E-state index contributed by atoms with van der Waals surface area (Å²) < 4.78 is 0. The molecule has 0 bridgehead atoms. The minimum atomic E-state index is 0.267. The second kappa shape index (κ2) is 8.93. The van der Waals surface area contributed by atoms with Crippen LogP contribution in [-0.2, 0) is 0 Å². The van der Waals surface area contributed by atoms with E-state index in [9.17, 15) is 0 Å². The summed E-state index contributed by atoms with van der Waals surface area (Å²) in [5.74, 6) is 2.07. The number of piperazine rings is 1. The highest BCUT2D eigenvalue weighted by Gasteiger charge is 2.17. The van der Waals surface area contributed by atoms with Crippen molar-refractivity contribution in [2.24, 2.45) is 0 Å². The lowest BCUT2D eigenvalue weighted by Crippen LogP contribution is -2.43. The minimum absolute atomic E-state index is 0.267. The number of pyridine rings is 1. The van der Waals surface area contributed by atoms with Crippen LogP contribution in [0.2, 0.25) is 0 Å². The molecule has 156 valence electrons. The zero-order chi connectivity index (χ0) is 20.2. The molecule has 1 unspecified atom stereocenters. The maximum atomic E-state index is 4.65. The van der Waals surface area contributed by atoms with Crippen molar-refractivity contribution >= 4 is 5.82 Å². The maximum absolute atomic E-state index is 4.65. The second-order valence-electron chi connectivity index (χ2n) is 8.11. The van der Waals surface area contributed by atoms with Crippen LogP contribution in [0.5, 0.6) is 0 Å². The van der Waals surface area contributed by atoms with Gasteiger partial charge in [0.2, 0.25) is 0 Å². The predicted octanol–water partition coefficient (Wildman–Crippen LogP) is 3.15. The van der Waals surface area contributed by atoms with Gasteiger partial charge in [-0.3, -0.25) is 4.98 Å². The minimum Gasteiger partial charge on any atom is -0.356 e. The first-order chi connectivity index (χ1) is 14.9. The van der Waals surface area contributed by atoms with Gasteiger partial charge in [0.05, 0.1) is 11.7 Å². The highest BCUT2D eigenvalue weighted by atomic mass is 15.2. The first kappa shape index (κ1) is 19.2. The zero-order valence-corrected chi connectivity index (χ0v) is 17.3. The zero-order valence-electron chi connectivity index (χ0n) is 17.3. The Morgan fingerprint density at radius 1 is 0.867 bits per heavy atom. The predicted molar refractivity (Wildman–Crippen MR) is 119 cm³/mol. The van der Waals surface area contributed by atoms with Crippen LogP contribution in [0, 0.1) is 0 Å². The summed E-state index contributed by atoms with van der Waals surface area (Å²) in [5.41, 5.74) is 4.07. The maximum Gasteiger partial charge on any atom is 0.145 e. The summed E-state index contributed by atoms with van der Waals surface area (Å²) in [6.45, 7) is 5.16. The molecule has 0 radical (unpaired) electrons. The molecule has 3 aromatic heterocycles. The van der Waals surface area contributed by atoms with Crippen molar-refractivity contribution in [3.8, 4) is 22.5 Å². The van der Waals surface area contributed by atoms with E-state index in [1.54, 1.807) is 0 Å². The molecule has 7 nitrogen and oxygen atoms in total. The molecule has 0 spiro atoms. The van der Waals surface area contributed by atoms with Gasteiger partial charge in [0.1, 0.15) is 11.6 Å². The smallest absolute Gasteiger partial charge is 0.145 e. The average Bonchev–Trinajstić information content (AvgIpc) is 3.16. The van der Waals surface area contributed by atoms with Crippen LogP contribution in [0.4, 0.5) is 5.82 Å². The first-order valence-corrected chi connectivity index (χ1v) is 11.0. The molecule has 5 heterocycles. The van der Waals surface area contributed by atoms with E-state index in [0.717, 1.165) is 67.5 Å². The molecule has 2 aliphatic rings. The quantitative estimate of drug-likeness (QED) is 0.621. The van der Waals surface area contributed by atoms with Crippen LogP contribution < -0.4 is 15.5 Å². The molecule has 0 saturated carbocycles. The number of H-pyrrole nitrogens is 1. The van der Waals surface area contributed by atoms with E-state index in [1.165, 1.54) is 25.1 Å². The fourth-order valence-electron chi connectivity index (χ4n) is 4.30. The van der Waals surface area contributed by atoms with E-state index in [-0.39, 0.29) is 6.04 Å². The molecule has 0 aliphatic carbocycles. The number of aromatic nitrogens is 4. The Labute approximate surface area is 177 Å². The van der Waals surface area contributed by atoms with E-state index in [1.807, 2.05) is 24.7 Å². The van der Waals surface area contributed by atoms with Crippen molar-refractivity contribution in [1.82, 2.24) is 30.6 Å². The molecule has 0 amide bonds. The van der Waals surface area contributed by atoms with Crippen LogP contribution in [0.15, 0.2) is 42.9 Å². The van der Waals surface area contributed by atoms with Gasteiger partial charge in [-0.15, -0.1) is 0 Å². The monoisotopic (exact) mass is 403 g/mol. The van der Waals surface area contributed by atoms with Crippen molar-refractivity contribution in [1.29, 1.82) is 0 Å². The number of aromatic amines is 1. The van der Waals surface area contributed by atoms with Crippen LogP contribution >= 0.6 is 0 Å². The van der Waals surface area contributed by atoms with Gasteiger partial charge in [0, 0.05) is 61.6 Å². The summed E-state index contributed by atoms with van der Waals surface area (Å²) in [6, 6.07) is 8.73. The lowest BCUT2D eigenvalue weighted by atomic mass is 10.1. The summed E-state index contributed by atoms with van der Waals surface area (Å²) in [5, 5.41) is 6.96. The Kier molecular flexibility index (Phi) is 5.72.